The van der Waals surface area contributed by atoms with E-state index in [0.717, 1.165) is 30.4 Å². The Kier molecular flexibility index (Phi) is 8.33. The van der Waals surface area contributed by atoms with Crippen LogP contribution < -0.4 is 16.0 Å². The highest BCUT2D eigenvalue weighted by Crippen LogP contribution is 2.28. The smallest absolute Gasteiger partial charge is 0.419 e. The molecule has 0 radical (unpaired) electrons. The molecule has 10 heteroatoms. The minimum atomic E-state index is -0.510. The van der Waals surface area contributed by atoms with Crippen LogP contribution in [0.4, 0.5) is 14.9 Å². The van der Waals surface area contributed by atoms with Gasteiger partial charge in [0.2, 0.25) is 0 Å². The molecule has 2 amide bonds. The lowest BCUT2D eigenvalue weighted by Gasteiger charge is -2.39. The van der Waals surface area contributed by atoms with Crippen LogP contribution in [-0.4, -0.2) is 60.6 Å². The van der Waals surface area contributed by atoms with Crippen LogP contribution in [0.2, 0.25) is 0 Å². The number of rotatable bonds is 7. The topological polar surface area (TPSA) is 97.0 Å². The third kappa shape index (κ3) is 5.88. The van der Waals surface area contributed by atoms with Gasteiger partial charge in [-0.05, 0) is 79.8 Å². The van der Waals surface area contributed by atoms with E-state index in [0.29, 0.717) is 54.3 Å². The van der Waals surface area contributed by atoms with Crippen molar-refractivity contribution in [3.05, 3.63) is 99.5 Å². The van der Waals surface area contributed by atoms with Gasteiger partial charge in [0.05, 0.1) is 12.6 Å². The van der Waals surface area contributed by atoms with Gasteiger partial charge >= 0.3 is 11.8 Å². The zero-order valence-electron chi connectivity index (χ0n) is 24.1. The van der Waals surface area contributed by atoms with Crippen molar-refractivity contribution in [2.24, 2.45) is 7.05 Å². The van der Waals surface area contributed by atoms with Gasteiger partial charge in [0.25, 0.3) is 0 Å². The molecule has 0 bridgehead atoms. The summed E-state index contributed by atoms with van der Waals surface area (Å²) in [7, 11) is 3.21. The quantitative estimate of drug-likeness (QED) is 0.247. The first-order chi connectivity index (χ1) is 20.2. The Morgan fingerprint density at radius 3 is 2.57 bits per heavy atom. The van der Waals surface area contributed by atoms with Crippen LogP contribution >= 0.6 is 0 Å². The van der Waals surface area contributed by atoms with E-state index >= 15 is 0 Å². The number of nitrogens with zero attached hydrogens (tertiary/aromatic N) is 3. The number of oxazole rings is 1. The number of ether oxygens (including phenoxy) is 1. The normalized spacial score (nSPS) is 17.9. The number of hydrogen-bond donors (Lipinski definition) is 1. The fourth-order valence-electron chi connectivity index (χ4n) is 5.84. The molecule has 0 spiro atoms. The van der Waals surface area contributed by atoms with Gasteiger partial charge in [-0.2, -0.15) is 0 Å². The van der Waals surface area contributed by atoms with Crippen molar-refractivity contribution in [3.8, 4) is 0 Å². The van der Waals surface area contributed by atoms with E-state index in [1.807, 2.05) is 15.9 Å². The number of nitrogens with one attached hydrogen (secondary N) is 1. The van der Waals surface area contributed by atoms with Gasteiger partial charge in [0.15, 0.2) is 11.4 Å². The molecular formula is C32H35FN4O5. The summed E-state index contributed by atoms with van der Waals surface area (Å²) in [5.41, 5.74) is 3.88. The second-order valence-electron chi connectivity index (χ2n) is 10.7. The molecule has 0 unspecified atom stereocenters. The van der Waals surface area contributed by atoms with Crippen molar-refractivity contribution in [3.63, 3.8) is 0 Å². The fourth-order valence-corrected chi connectivity index (χ4v) is 5.84. The van der Waals surface area contributed by atoms with E-state index < -0.39 is 11.6 Å². The molecule has 3 aromatic rings. The number of methoxy groups -OCH3 is 1. The summed E-state index contributed by atoms with van der Waals surface area (Å²) < 4.78 is 26.8. The predicted molar refractivity (Wildman–Crippen MR) is 159 cm³/mol. The van der Waals surface area contributed by atoms with Gasteiger partial charge in [-0.25, -0.2) is 14.0 Å². The van der Waals surface area contributed by atoms with E-state index in [-0.39, 0.29) is 23.4 Å². The van der Waals surface area contributed by atoms with Gasteiger partial charge < -0.3 is 24.3 Å². The molecule has 2 aliphatic rings. The van der Waals surface area contributed by atoms with Crippen LogP contribution in [0, 0.1) is 12.7 Å². The molecule has 5 rings (SSSR count). The molecule has 2 saturated heterocycles. The molecule has 2 aliphatic heterocycles. The lowest BCUT2D eigenvalue weighted by atomic mass is 9.98. The number of fused-ring (bicyclic) bond motifs is 1. The number of benzene rings is 2. The van der Waals surface area contributed by atoms with Crippen molar-refractivity contribution in [1.29, 1.82) is 0 Å². The highest BCUT2D eigenvalue weighted by molar-refractivity contribution is 6.11. The molecule has 42 heavy (non-hydrogen) atoms. The summed E-state index contributed by atoms with van der Waals surface area (Å²) in [6.07, 6.45) is 7.54. The Morgan fingerprint density at radius 2 is 1.86 bits per heavy atom. The first-order valence-electron chi connectivity index (χ1n) is 14.0. The Morgan fingerprint density at radius 1 is 1.12 bits per heavy atom. The van der Waals surface area contributed by atoms with Gasteiger partial charge in [-0.1, -0.05) is 12.7 Å². The third-order valence-electron chi connectivity index (χ3n) is 8.01. The van der Waals surface area contributed by atoms with Crippen LogP contribution in [0.25, 0.3) is 11.1 Å². The Labute approximate surface area is 243 Å². The van der Waals surface area contributed by atoms with E-state index in [2.05, 4.69) is 11.9 Å². The minimum absolute atomic E-state index is 0.0519. The number of allylic oxidation sites excluding steroid dienone is 3. The van der Waals surface area contributed by atoms with Crippen LogP contribution in [0.3, 0.4) is 0 Å². The maximum absolute atomic E-state index is 14.8. The highest BCUT2D eigenvalue weighted by Gasteiger charge is 2.30. The molecule has 2 aromatic carbocycles. The number of anilines is 1. The number of aryl methyl sites for hydroxylation is 2. The monoisotopic (exact) mass is 574 g/mol. The summed E-state index contributed by atoms with van der Waals surface area (Å²) >= 11 is 0. The van der Waals surface area contributed by atoms with E-state index in [4.69, 9.17) is 9.15 Å². The maximum atomic E-state index is 14.8. The number of piperidine rings is 1. The number of carbonyl (C=O) groups excluding carboxylic acids is 2. The molecule has 2 fully saturated rings. The molecule has 3 heterocycles. The average Bonchev–Trinajstić information content (AvgIpc) is 3.14. The Bertz CT molecular complexity index is 1660. The first kappa shape index (κ1) is 28.9. The lowest BCUT2D eigenvalue weighted by Crippen LogP contribution is -2.50. The zero-order chi connectivity index (χ0) is 30.0. The van der Waals surface area contributed by atoms with Crippen molar-refractivity contribution in [2.75, 3.05) is 38.2 Å². The molecule has 0 aliphatic carbocycles. The third-order valence-corrected chi connectivity index (χ3v) is 8.01. The van der Waals surface area contributed by atoms with Crippen LogP contribution in [0.15, 0.2) is 75.7 Å². The van der Waals surface area contributed by atoms with Crippen molar-refractivity contribution >= 4 is 28.6 Å². The predicted octanol–water partition coefficient (Wildman–Crippen LogP) is 4.84. The average molecular weight is 575 g/mol. The molecule has 0 saturated carbocycles. The molecule has 1 aromatic heterocycles. The summed E-state index contributed by atoms with van der Waals surface area (Å²) in [5, 5.41) is 3.00. The summed E-state index contributed by atoms with van der Waals surface area (Å²) in [5.74, 6) is -0.683. The first-order valence-corrected chi connectivity index (χ1v) is 14.0. The van der Waals surface area contributed by atoms with E-state index in [1.54, 1.807) is 45.4 Å². The lowest BCUT2D eigenvalue weighted by molar-refractivity contribution is 0.103. The molecule has 9 nitrogen and oxygen atoms in total. The minimum Gasteiger partial charge on any atom is -0.497 e. The standard InChI is InChI=1S/C32H35FN4O5/c1-5-6-27(41-4)14-21-7-12-37(31(39)34-19-21)25-8-10-36(11-9-25)26-16-23(15-24(33)18-26)30(38)22-13-20(2)29-28(17-22)42-32(40)35(29)3/h5-6,13-18,25H,1,7-12,19H2,2-4H3,(H,34,39)/b21-14-,27-6+. The number of halogens is 1. The number of carbonyl (C=O) groups is 2. The maximum Gasteiger partial charge on any atom is 0.419 e. The van der Waals surface area contributed by atoms with Gasteiger partial charge in [0, 0.05) is 56.1 Å². The largest absolute Gasteiger partial charge is 0.497 e. The number of aromatic nitrogens is 1. The molecule has 220 valence electrons. The zero-order valence-corrected chi connectivity index (χ0v) is 24.1. The summed E-state index contributed by atoms with van der Waals surface area (Å²) in [4.78, 5) is 42.2. The highest BCUT2D eigenvalue weighted by atomic mass is 19.1. The summed E-state index contributed by atoms with van der Waals surface area (Å²) in [6, 6.07) is 7.54. The second-order valence-corrected chi connectivity index (χ2v) is 10.7. The van der Waals surface area contributed by atoms with Gasteiger partial charge in [-0.3, -0.25) is 9.36 Å². The van der Waals surface area contributed by atoms with Crippen LogP contribution in [-0.2, 0) is 11.8 Å². The van der Waals surface area contributed by atoms with Crippen molar-refractivity contribution in [1.82, 2.24) is 14.8 Å². The second kappa shape index (κ2) is 12.1. The number of ketones is 1. The van der Waals surface area contributed by atoms with Gasteiger partial charge in [-0.15, -0.1) is 0 Å². The number of urea groups is 1. The molecule has 0 atom stereocenters. The van der Waals surface area contributed by atoms with Gasteiger partial charge in [0.1, 0.15) is 11.6 Å². The van der Waals surface area contributed by atoms with Crippen LogP contribution in [0.1, 0.15) is 40.7 Å². The SMILES string of the molecule is C=C/C=C(\C=C1\CCN(C2CCN(c3cc(F)cc(C(=O)c4cc(C)c5c(c4)oc(=O)n5C)c3)CC2)C(=O)NC1)OC. The van der Waals surface area contributed by atoms with Crippen LogP contribution in [0.5, 0.6) is 0 Å². The number of amides is 2. The Hall–Kier alpha value is -4.60. The van der Waals surface area contributed by atoms with E-state index in [9.17, 15) is 18.8 Å². The molecular weight excluding hydrogens is 539 g/mol. The molecule has 1 N–H and O–H groups in total. The number of hydrogen-bond acceptors (Lipinski definition) is 6. The van der Waals surface area contributed by atoms with Crippen molar-refractivity contribution < 1.29 is 23.1 Å². The Balaban J connectivity index is 1.28. The summed E-state index contributed by atoms with van der Waals surface area (Å²) in [6.45, 7) is 7.78. The fraction of sp³-hybridized carbons (Fsp3) is 0.344. The van der Waals surface area contributed by atoms with Crippen molar-refractivity contribution in [2.45, 2.75) is 32.2 Å². The van der Waals surface area contributed by atoms with E-state index in [1.165, 1.54) is 22.8 Å².